The molecule has 1 aromatic heterocycles. The van der Waals surface area contributed by atoms with E-state index in [-0.39, 0.29) is 0 Å². The second-order valence-corrected chi connectivity index (χ2v) is 7.36. The number of fused-ring (bicyclic) bond motifs is 4. The zero-order chi connectivity index (χ0) is 17.5. The van der Waals surface area contributed by atoms with Gasteiger partial charge in [-0.15, -0.1) is 0 Å². The van der Waals surface area contributed by atoms with E-state index < -0.39 is 0 Å². The van der Waals surface area contributed by atoms with Crippen LogP contribution in [-0.4, -0.2) is 18.3 Å². The Bertz CT molecular complexity index is 1150. The van der Waals surface area contributed by atoms with Crippen LogP contribution in [0.25, 0.3) is 22.0 Å². The lowest BCUT2D eigenvalue weighted by Crippen LogP contribution is -1.86. The van der Waals surface area contributed by atoms with Gasteiger partial charge in [-0.25, -0.2) is 9.98 Å². The van der Waals surface area contributed by atoms with Gasteiger partial charge in [0.1, 0.15) is 5.75 Å². The number of benzene rings is 3. The van der Waals surface area contributed by atoms with Crippen molar-refractivity contribution in [3.63, 3.8) is 0 Å². The zero-order valence-electron chi connectivity index (χ0n) is 14.3. The molecule has 0 aliphatic heterocycles. The Morgan fingerprint density at radius 1 is 1.08 bits per heavy atom. The van der Waals surface area contributed by atoms with Crippen molar-refractivity contribution in [1.29, 1.82) is 0 Å². The monoisotopic (exact) mass is 356 g/mol. The van der Waals surface area contributed by atoms with Crippen LogP contribution in [0.15, 0.2) is 65.7 Å². The molecule has 0 radical (unpaired) electrons. The van der Waals surface area contributed by atoms with E-state index in [2.05, 4.69) is 59.6 Å². The minimum Gasteiger partial charge on any atom is -0.497 e. The summed E-state index contributed by atoms with van der Waals surface area (Å²) in [5.74, 6) is 0.896. The van der Waals surface area contributed by atoms with E-state index in [9.17, 15) is 0 Å². The van der Waals surface area contributed by atoms with Gasteiger partial charge in [-0.05, 0) is 34.5 Å². The van der Waals surface area contributed by atoms with Crippen molar-refractivity contribution in [2.75, 3.05) is 7.11 Å². The first-order chi connectivity index (χ1) is 12.8. The Labute approximate surface area is 155 Å². The van der Waals surface area contributed by atoms with Gasteiger partial charge in [0.15, 0.2) is 0 Å². The predicted octanol–water partition coefficient (Wildman–Crippen LogP) is 5.63. The molecule has 0 atom stereocenters. The van der Waals surface area contributed by atoms with Crippen LogP contribution in [-0.2, 0) is 6.42 Å². The number of aromatic nitrogens is 1. The van der Waals surface area contributed by atoms with Crippen LogP contribution in [0.5, 0.6) is 5.75 Å². The summed E-state index contributed by atoms with van der Waals surface area (Å²) in [5, 5.41) is 3.24. The summed E-state index contributed by atoms with van der Waals surface area (Å²) in [6, 6.07) is 20.8. The fourth-order valence-electron chi connectivity index (χ4n) is 3.46. The highest BCUT2D eigenvalue weighted by molar-refractivity contribution is 7.15. The Balaban J connectivity index is 1.49. The Hall–Kier alpha value is -2.98. The van der Waals surface area contributed by atoms with Gasteiger partial charge in [-0.1, -0.05) is 53.8 Å². The first-order valence-corrected chi connectivity index (χ1v) is 9.32. The van der Waals surface area contributed by atoms with Gasteiger partial charge in [0.05, 0.1) is 12.8 Å². The van der Waals surface area contributed by atoms with Gasteiger partial charge in [0.25, 0.3) is 0 Å². The first kappa shape index (κ1) is 15.3. The van der Waals surface area contributed by atoms with E-state index in [1.165, 1.54) is 26.8 Å². The second-order valence-electron chi connectivity index (χ2n) is 6.29. The SMILES string of the molecule is COc1ccc2c(c1)Cc1sc(N=Cc3cccc4ccccc34)nc1-2. The van der Waals surface area contributed by atoms with E-state index in [0.29, 0.717) is 0 Å². The smallest absolute Gasteiger partial charge is 0.209 e. The summed E-state index contributed by atoms with van der Waals surface area (Å²) in [7, 11) is 1.70. The van der Waals surface area contributed by atoms with Crippen LogP contribution in [0.3, 0.4) is 0 Å². The van der Waals surface area contributed by atoms with Crippen LogP contribution in [0.4, 0.5) is 5.13 Å². The second kappa shape index (κ2) is 6.07. The third-order valence-corrected chi connectivity index (χ3v) is 5.71. The molecule has 0 bridgehead atoms. The standard InChI is InChI=1S/C22H16N2OS/c1-25-17-9-10-19-16(11-17)12-20-21(19)24-22(26-20)23-13-15-7-4-6-14-5-2-3-8-18(14)15/h2-11,13H,12H2,1H3. The maximum atomic E-state index is 5.32. The van der Waals surface area contributed by atoms with Crippen LogP contribution in [0.1, 0.15) is 16.0 Å². The number of aliphatic imine (C=N–C) groups is 1. The van der Waals surface area contributed by atoms with Crippen LogP contribution < -0.4 is 4.74 Å². The minimum absolute atomic E-state index is 0.810. The van der Waals surface area contributed by atoms with E-state index in [0.717, 1.165) is 28.6 Å². The third kappa shape index (κ3) is 2.50. The van der Waals surface area contributed by atoms with E-state index in [1.807, 2.05) is 12.3 Å². The number of rotatable bonds is 3. The molecular weight excluding hydrogens is 340 g/mol. The minimum atomic E-state index is 0.810. The summed E-state index contributed by atoms with van der Waals surface area (Å²) >= 11 is 1.67. The molecule has 1 heterocycles. The number of hydrogen-bond donors (Lipinski definition) is 0. The number of nitrogens with zero attached hydrogens (tertiary/aromatic N) is 2. The molecule has 0 fully saturated rings. The predicted molar refractivity (Wildman–Crippen MR) is 108 cm³/mol. The van der Waals surface area contributed by atoms with Gasteiger partial charge in [-0.3, -0.25) is 0 Å². The molecule has 0 N–H and O–H groups in total. The van der Waals surface area contributed by atoms with E-state index in [1.54, 1.807) is 18.4 Å². The summed E-state index contributed by atoms with van der Waals surface area (Å²) in [6.45, 7) is 0. The third-order valence-electron chi connectivity index (χ3n) is 4.74. The molecule has 1 aliphatic carbocycles. The zero-order valence-corrected chi connectivity index (χ0v) is 15.1. The highest BCUT2D eigenvalue weighted by Gasteiger charge is 2.23. The van der Waals surface area contributed by atoms with Crippen molar-refractivity contribution in [2.45, 2.75) is 6.42 Å². The fourth-order valence-corrected chi connectivity index (χ4v) is 4.40. The van der Waals surface area contributed by atoms with Crippen molar-refractivity contribution in [2.24, 2.45) is 4.99 Å². The number of ether oxygens (including phenoxy) is 1. The largest absolute Gasteiger partial charge is 0.497 e. The lowest BCUT2D eigenvalue weighted by Gasteiger charge is -2.03. The lowest BCUT2D eigenvalue weighted by molar-refractivity contribution is 0.414. The molecule has 126 valence electrons. The molecule has 1 aliphatic rings. The van der Waals surface area contributed by atoms with Gasteiger partial charge in [-0.2, -0.15) is 0 Å². The van der Waals surface area contributed by atoms with Crippen molar-refractivity contribution in [1.82, 2.24) is 4.98 Å². The summed E-state index contributed by atoms with van der Waals surface area (Å²) in [6.07, 6.45) is 2.83. The Kier molecular flexibility index (Phi) is 3.57. The molecule has 5 rings (SSSR count). The molecule has 0 saturated heterocycles. The lowest BCUT2D eigenvalue weighted by atomic mass is 10.1. The van der Waals surface area contributed by atoms with Crippen molar-refractivity contribution in [3.05, 3.63) is 76.7 Å². The van der Waals surface area contributed by atoms with Gasteiger partial charge < -0.3 is 4.74 Å². The maximum absolute atomic E-state index is 5.32. The van der Waals surface area contributed by atoms with Gasteiger partial charge >= 0.3 is 0 Å². The number of hydrogen-bond acceptors (Lipinski definition) is 4. The van der Waals surface area contributed by atoms with Crippen molar-refractivity contribution >= 4 is 33.5 Å². The fraction of sp³-hybridized carbons (Fsp3) is 0.0909. The number of methoxy groups -OCH3 is 1. The van der Waals surface area contributed by atoms with Gasteiger partial charge in [0.2, 0.25) is 5.13 Å². The summed E-state index contributed by atoms with van der Waals surface area (Å²) < 4.78 is 5.32. The van der Waals surface area contributed by atoms with Crippen LogP contribution in [0, 0.1) is 0 Å². The Morgan fingerprint density at radius 2 is 1.96 bits per heavy atom. The van der Waals surface area contributed by atoms with Crippen molar-refractivity contribution in [3.8, 4) is 17.0 Å². The molecule has 3 nitrogen and oxygen atoms in total. The average molecular weight is 356 g/mol. The van der Waals surface area contributed by atoms with E-state index in [4.69, 9.17) is 9.72 Å². The first-order valence-electron chi connectivity index (χ1n) is 8.50. The highest BCUT2D eigenvalue weighted by Crippen LogP contribution is 2.42. The average Bonchev–Trinajstić information content (AvgIpc) is 3.23. The molecule has 0 saturated carbocycles. The van der Waals surface area contributed by atoms with Crippen LogP contribution in [0.2, 0.25) is 0 Å². The molecule has 3 aromatic carbocycles. The molecule has 4 heteroatoms. The number of thiazole rings is 1. The molecule has 4 aromatic rings. The quantitative estimate of drug-likeness (QED) is 0.393. The topological polar surface area (TPSA) is 34.5 Å². The molecule has 26 heavy (non-hydrogen) atoms. The molecule has 0 unspecified atom stereocenters. The normalized spacial score (nSPS) is 12.5. The molecular formula is C22H16N2OS. The molecule has 0 amide bonds. The molecule has 0 spiro atoms. The highest BCUT2D eigenvalue weighted by atomic mass is 32.1. The van der Waals surface area contributed by atoms with Gasteiger partial charge in [0, 0.05) is 28.6 Å². The van der Waals surface area contributed by atoms with E-state index >= 15 is 0 Å². The van der Waals surface area contributed by atoms with Crippen LogP contribution >= 0.6 is 11.3 Å². The summed E-state index contributed by atoms with van der Waals surface area (Å²) in [4.78, 5) is 10.7. The van der Waals surface area contributed by atoms with Crippen molar-refractivity contribution < 1.29 is 4.74 Å². The maximum Gasteiger partial charge on any atom is 0.209 e. The summed E-state index contributed by atoms with van der Waals surface area (Å²) in [5.41, 5.74) is 4.66. The Morgan fingerprint density at radius 3 is 2.88 bits per heavy atom.